The van der Waals surface area contributed by atoms with E-state index in [1.54, 1.807) is 0 Å². The maximum absolute atomic E-state index is 11.9. The van der Waals surface area contributed by atoms with Crippen molar-refractivity contribution in [2.24, 2.45) is 5.92 Å². The van der Waals surface area contributed by atoms with Crippen molar-refractivity contribution >= 4 is 12.2 Å². The molecule has 1 saturated carbocycles. The number of nitrogens with zero attached hydrogens (tertiary/aromatic N) is 1. The van der Waals surface area contributed by atoms with Gasteiger partial charge in [0, 0.05) is 12.6 Å². The molecule has 0 radical (unpaired) electrons. The second kappa shape index (κ2) is 5.70. The Morgan fingerprint density at radius 1 is 1.35 bits per heavy atom. The lowest BCUT2D eigenvalue weighted by atomic mass is 9.75. The molecule has 1 aromatic carbocycles. The van der Waals surface area contributed by atoms with Crippen molar-refractivity contribution < 1.29 is 9.53 Å². The highest BCUT2D eigenvalue weighted by atomic mass is 16.6. The molecular formula is C17H21NO2. The first-order valence-electron chi connectivity index (χ1n) is 7.47. The summed E-state index contributed by atoms with van der Waals surface area (Å²) in [7, 11) is 0. The molecule has 1 aliphatic carbocycles. The second-order valence-corrected chi connectivity index (χ2v) is 5.61. The molecule has 3 heteroatoms. The summed E-state index contributed by atoms with van der Waals surface area (Å²) < 4.78 is 5.16. The fourth-order valence-corrected chi connectivity index (χ4v) is 3.35. The second-order valence-electron chi connectivity index (χ2n) is 5.61. The molecule has 3 aliphatic rings. The first kappa shape index (κ1) is 13.2. The van der Waals surface area contributed by atoms with Crippen molar-refractivity contribution in [3.8, 4) is 0 Å². The zero-order valence-corrected chi connectivity index (χ0v) is 11.9. The van der Waals surface area contributed by atoms with E-state index in [1.807, 2.05) is 17.9 Å². The summed E-state index contributed by atoms with van der Waals surface area (Å²) >= 11 is 0. The third-order valence-electron chi connectivity index (χ3n) is 4.36. The molecule has 2 atom stereocenters. The summed E-state index contributed by atoms with van der Waals surface area (Å²) in [6.45, 7) is 3.14. The van der Waals surface area contributed by atoms with Crippen molar-refractivity contribution in [2.75, 3.05) is 13.2 Å². The van der Waals surface area contributed by atoms with Gasteiger partial charge in [0.1, 0.15) is 0 Å². The molecule has 106 valence electrons. The van der Waals surface area contributed by atoms with E-state index in [-0.39, 0.29) is 6.09 Å². The van der Waals surface area contributed by atoms with E-state index in [4.69, 9.17) is 4.74 Å². The lowest BCUT2D eigenvalue weighted by Gasteiger charge is -2.46. The molecule has 3 fully saturated rings. The summed E-state index contributed by atoms with van der Waals surface area (Å²) in [6, 6.07) is 10.8. The van der Waals surface area contributed by atoms with Crippen LogP contribution < -0.4 is 0 Å². The number of fused-ring (bicyclic) bond motifs is 3. The van der Waals surface area contributed by atoms with Gasteiger partial charge >= 0.3 is 6.09 Å². The van der Waals surface area contributed by atoms with E-state index in [0.29, 0.717) is 18.6 Å². The van der Waals surface area contributed by atoms with Crippen molar-refractivity contribution in [1.82, 2.24) is 4.90 Å². The number of rotatable bonds is 2. The molecule has 3 nitrogen and oxygen atoms in total. The maximum atomic E-state index is 11.9. The number of hydrogen-bond donors (Lipinski definition) is 0. The van der Waals surface area contributed by atoms with Crippen molar-refractivity contribution in [3.63, 3.8) is 0 Å². The van der Waals surface area contributed by atoms with E-state index in [0.717, 1.165) is 19.4 Å². The lowest BCUT2D eigenvalue weighted by Crippen LogP contribution is -2.51. The minimum absolute atomic E-state index is 0.138. The molecule has 20 heavy (non-hydrogen) atoms. The standard InChI is InChI=1S/C17H21NO2/c1-2-20-17(19)18-12-14-8-9-16(18)11-15(14)10-13-6-4-3-5-7-13/h3-7,10,14,16H,2,8-9,11-12H2,1H3/b15-10+. The molecule has 4 rings (SSSR count). The van der Waals surface area contributed by atoms with Gasteiger partial charge in [0.05, 0.1) is 6.61 Å². The Kier molecular flexibility index (Phi) is 3.77. The SMILES string of the molecule is CCOC(=O)N1CC2CCC1C/C2=C\c1ccccc1. The number of ether oxygens (including phenoxy) is 1. The highest BCUT2D eigenvalue weighted by Gasteiger charge is 2.39. The zero-order chi connectivity index (χ0) is 13.9. The average molecular weight is 271 g/mol. The van der Waals surface area contributed by atoms with E-state index in [1.165, 1.54) is 17.6 Å². The van der Waals surface area contributed by atoms with Gasteiger partial charge in [0.2, 0.25) is 0 Å². The number of carbonyl (C=O) groups excluding carboxylic acids is 1. The normalized spacial score (nSPS) is 26.9. The summed E-state index contributed by atoms with van der Waals surface area (Å²) in [6.07, 6.45) is 5.47. The molecule has 2 bridgehead atoms. The summed E-state index contributed by atoms with van der Waals surface area (Å²) in [5, 5.41) is 0. The van der Waals surface area contributed by atoms with Gasteiger partial charge in [-0.1, -0.05) is 42.0 Å². The monoisotopic (exact) mass is 271 g/mol. The van der Waals surface area contributed by atoms with Crippen molar-refractivity contribution in [1.29, 1.82) is 0 Å². The molecule has 2 aliphatic heterocycles. The Labute approximate surface area is 120 Å². The van der Waals surface area contributed by atoms with Gasteiger partial charge in [-0.25, -0.2) is 4.79 Å². The molecule has 0 spiro atoms. The Hall–Kier alpha value is -1.77. The molecule has 2 unspecified atom stereocenters. The van der Waals surface area contributed by atoms with Crippen LogP contribution in [0, 0.1) is 5.92 Å². The Morgan fingerprint density at radius 2 is 2.15 bits per heavy atom. The third kappa shape index (κ3) is 2.58. The predicted molar refractivity (Wildman–Crippen MR) is 79.3 cm³/mol. The maximum Gasteiger partial charge on any atom is 0.410 e. The lowest BCUT2D eigenvalue weighted by molar-refractivity contribution is 0.0518. The van der Waals surface area contributed by atoms with Gasteiger partial charge in [-0.15, -0.1) is 0 Å². The Morgan fingerprint density at radius 3 is 2.80 bits per heavy atom. The van der Waals surface area contributed by atoms with Gasteiger partial charge in [0.15, 0.2) is 0 Å². The summed E-state index contributed by atoms with van der Waals surface area (Å²) in [5.41, 5.74) is 2.76. The number of piperidine rings is 2. The first-order chi connectivity index (χ1) is 9.78. The van der Waals surface area contributed by atoms with Crippen LogP contribution >= 0.6 is 0 Å². The van der Waals surface area contributed by atoms with E-state index < -0.39 is 0 Å². The highest BCUT2D eigenvalue weighted by Crippen LogP contribution is 2.40. The topological polar surface area (TPSA) is 29.5 Å². The van der Waals surface area contributed by atoms with Crippen molar-refractivity contribution in [2.45, 2.75) is 32.2 Å². The van der Waals surface area contributed by atoms with Crippen molar-refractivity contribution in [3.05, 3.63) is 41.5 Å². The largest absolute Gasteiger partial charge is 0.450 e. The third-order valence-corrected chi connectivity index (χ3v) is 4.36. The summed E-state index contributed by atoms with van der Waals surface area (Å²) in [4.78, 5) is 13.9. The minimum Gasteiger partial charge on any atom is -0.450 e. The fraction of sp³-hybridized carbons (Fsp3) is 0.471. The molecular weight excluding hydrogens is 250 g/mol. The summed E-state index contributed by atoms with van der Waals surface area (Å²) in [5.74, 6) is 0.504. The minimum atomic E-state index is -0.138. The van der Waals surface area contributed by atoms with Crippen LogP contribution in [-0.4, -0.2) is 30.2 Å². The smallest absolute Gasteiger partial charge is 0.410 e. The van der Waals surface area contributed by atoms with E-state index >= 15 is 0 Å². The highest BCUT2D eigenvalue weighted by molar-refractivity contribution is 5.69. The molecule has 1 amide bonds. The predicted octanol–water partition coefficient (Wildman–Crippen LogP) is 3.71. The van der Waals surface area contributed by atoms with Gasteiger partial charge in [-0.2, -0.15) is 0 Å². The average Bonchev–Trinajstić information content (AvgIpc) is 2.49. The zero-order valence-electron chi connectivity index (χ0n) is 11.9. The van der Waals surface area contributed by atoms with Crippen LogP contribution in [0.3, 0.4) is 0 Å². The van der Waals surface area contributed by atoms with Crippen LogP contribution in [0.4, 0.5) is 4.79 Å². The van der Waals surface area contributed by atoms with Gasteiger partial charge < -0.3 is 9.64 Å². The van der Waals surface area contributed by atoms with Crippen LogP contribution in [-0.2, 0) is 4.74 Å². The molecule has 2 saturated heterocycles. The van der Waals surface area contributed by atoms with Crippen LogP contribution in [0.5, 0.6) is 0 Å². The van der Waals surface area contributed by atoms with Crippen LogP contribution in [0.15, 0.2) is 35.9 Å². The first-order valence-corrected chi connectivity index (χ1v) is 7.47. The quantitative estimate of drug-likeness (QED) is 0.820. The van der Waals surface area contributed by atoms with Crippen LogP contribution in [0.2, 0.25) is 0 Å². The van der Waals surface area contributed by atoms with E-state index in [2.05, 4.69) is 30.3 Å². The van der Waals surface area contributed by atoms with Gasteiger partial charge in [-0.3, -0.25) is 0 Å². The number of hydrogen-bond acceptors (Lipinski definition) is 2. The van der Waals surface area contributed by atoms with Gasteiger partial charge in [0.25, 0.3) is 0 Å². The number of benzene rings is 1. The molecule has 1 aromatic rings. The number of amides is 1. The van der Waals surface area contributed by atoms with Gasteiger partial charge in [-0.05, 0) is 37.7 Å². The van der Waals surface area contributed by atoms with E-state index in [9.17, 15) is 4.79 Å². The molecule has 0 N–H and O–H groups in total. The fourth-order valence-electron chi connectivity index (χ4n) is 3.35. The van der Waals surface area contributed by atoms with Crippen LogP contribution in [0.1, 0.15) is 31.7 Å². The molecule has 2 heterocycles. The number of carbonyl (C=O) groups is 1. The molecule has 0 aromatic heterocycles. The Bertz CT molecular complexity index is 509. The Balaban J connectivity index is 1.74. The van der Waals surface area contributed by atoms with Crippen LogP contribution in [0.25, 0.3) is 6.08 Å².